The molecule has 1 heterocycles. The summed E-state index contributed by atoms with van der Waals surface area (Å²) in [6.07, 6.45) is 5.02. The maximum absolute atomic E-state index is 11.4. The Morgan fingerprint density at radius 3 is 2.60 bits per heavy atom. The number of thioether (sulfide) groups is 1. The molecular formula is C11H20N2OS. The second-order valence-corrected chi connectivity index (χ2v) is 5.74. The predicted octanol–water partition coefficient (Wildman–Crippen LogP) is 0.998. The van der Waals surface area contributed by atoms with Crippen LogP contribution in [0, 0.1) is 5.92 Å². The number of carbonyl (C=O) groups is 1. The monoisotopic (exact) mass is 228 g/mol. The average Bonchev–Trinajstić information content (AvgIpc) is 3.09. The summed E-state index contributed by atoms with van der Waals surface area (Å²) in [7, 11) is 0. The molecule has 0 aromatic rings. The molecule has 0 spiro atoms. The SMILES string of the molecule is O=C(CNC1CCSCC1)NCC1CC1. The van der Waals surface area contributed by atoms with Crippen LogP contribution < -0.4 is 10.6 Å². The number of carbonyl (C=O) groups excluding carboxylic acids is 1. The van der Waals surface area contributed by atoms with Gasteiger partial charge in [-0.3, -0.25) is 4.79 Å². The topological polar surface area (TPSA) is 41.1 Å². The molecule has 0 radical (unpaired) electrons. The molecule has 3 nitrogen and oxygen atoms in total. The Labute approximate surface area is 95.8 Å². The van der Waals surface area contributed by atoms with Gasteiger partial charge in [0, 0.05) is 12.6 Å². The van der Waals surface area contributed by atoms with Gasteiger partial charge in [0.15, 0.2) is 0 Å². The Bertz CT molecular complexity index is 213. The van der Waals surface area contributed by atoms with Gasteiger partial charge in [0.05, 0.1) is 6.54 Å². The second-order valence-electron chi connectivity index (χ2n) is 4.51. The van der Waals surface area contributed by atoms with Crippen molar-refractivity contribution >= 4 is 17.7 Å². The van der Waals surface area contributed by atoms with E-state index in [0.717, 1.165) is 12.5 Å². The van der Waals surface area contributed by atoms with E-state index in [2.05, 4.69) is 10.6 Å². The van der Waals surface area contributed by atoms with Crippen molar-refractivity contribution in [3.63, 3.8) is 0 Å². The summed E-state index contributed by atoms with van der Waals surface area (Å²) in [5.74, 6) is 3.42. The van der Waals surface area contributed by atoms with Gasteiger partial charge in [-0.1, -0.05) is 0 Å². The summed E-state index contributed by atoms with van der Waals surface area (Å²) >= 11 is 2.01. The van der Waals surface area contributed by atoms with Crippen LogP contribution in [0.1, 0.15) is 25.7 Å². The van der Waals surface area contributed by atoms with Crippen molar-refractivity contribution in [3.05, 3.63) is 0 Å². The summed E-state index contributed by atoms with van der Waals surface area (Å²) in [5, 5.41) is 6.32. The molecule has 2 N–H and O–H groups in total. The molecule has 1 saturated heterocycles. The number of rotatable bonds is 5. The quantitative estimate of drug-likeness (QED) is 0.737. The summed E-state index contributed by atoms with van der Waals surface area (Å²) in [4.78, 5) is 11.4. The Morgan fingerprint density at radius 2 is 1.93 bits per heavy atom. The molecule has 15 heavy (non-hydrogen) atoms. The third-order valence-electron chi connectivity index (χ3n) is 3.06. The summed E-state index contributed by atoms with van der Waals surface area (Å²) < 4.78 is 0. The normalized spacial score (nSPS) is 22.7. The Morgan fingerprint density at radius 1 is 1.20 bits per heavy atom. The minimum Gasteiger partial charge on any atom is -0.355 e. The van der Waals surface area contributed by atoms with Crippen LogP contribution in [0.15, 0.2) is 0 Å². The molecular weight excluding hydrogens is 208 g/mol. The van der Waals surface area contributed by atoms with Crippen molar-refractivity contribution in [1.82, 2.24) is 10.6 Å². The number of amides is 1. The standard InChI is InChI=1S/C11H20N2OS/c14-11(13-7-9-1-2-9)8-12-10-3-5-15-6-4-10/h9-10,12H,1-8H2,(H,13,14). The fourth-order valence-electron chi connectivity index (χ4n) is 1.78. The highest BCUT2D eigenvalue weighted by Gasteiger charge is 2.21. The Kier molecular flexibility index (Phi) is 4.32. The van der Waals surface area contributed by atoms with Gasteiger partial charge < -0.3 is 10.6 Å². The van der Waals surface area contributed by atoms with E-state index in [1.54, 1.807) is 0 Å². The zero-order valence-corrected chi connectivity index (χ0v) is 9.94. The molecule has 86 valence electrons. The molecule has 0 bridgehead atoms. The van der Waals surface area contributed by atoms with E-state index in [0.29, 0.717) is 12.6 Å². The Hall–Kier alpha value is -0.220. The molecule has 1 aliphatic carbocycles. The summed E-state index contributed by atoms with van der Waals surface area (Å²) in [6, 6.07) is 0.568. The van der Waals surface area contributed by atoms with Crippen LogP contribution in [-0.4, -0.2) is 36.5 Å². The van der Waals surface area contributed by atoms with Gasteiger partial charge in [-0.05, 0) is 43.1 Å². The van der Waals surface area contributed by atoms with E-state index in [1.165, 1.54) is 37.2 Å². The minimum absolute atomic E-state index is 0.167. The predicted molar refractivity (Wildman–Crippen MR) is 64.1 cm³/mol. The van der Waals surface area contributed by atoms with Crippen molar-refractivity contribution in [2.24, 2.45) is 5.92 Å². The van der Waals surface area contributed by atoms with E-state index >= 15 is 0 Å². The first kappa shape index (κ1) is 11.3. The van der Waals surface area contributed by atoms with Crippen molar-refractivity contribution < 1.29 is 4.79 Å². The molecule has 0 aromatic carbocycles. The van der Waals surface area contributed by atoms with Crippen LogP contribution in [0.25, 0.3) is 0 Å². The van der Waals surface area contributed by atoms with Crippen LogP contribution in [-0.2, 0) is 4.79 Å². The van der Waals surface area contributed by atoms with E-state index in [9.17, 15) is 4.79 Å². The van der Waals surface area contributed by atoms with E-state index in [1.807, 2.05) is 11.8 Å². The maximum atomic E-state index is 11.4. The lowest BCUT2D eigenvalue weighted by atomic mass is 10.1. The molecule has 0 atom stereocenters. The molecule has 2 aliphatic rings. The first-order valence-electron chi connectivity index (χ1n) is 5.92. The number of hydrogen-bond donors (Lipinski definition) is 2. The van der Waals surface area contributed by atoms with Crippen molar-refractivity contribution in [2.45, 2.75) is 31.7 Å². The molecule has 0 aromatic heterocycles. The zero-order valence-electron chi connectivity index (χ0n) is 9.13. The lowest BCUT2D eigenvalue weighted by Gasteiger charge is -2.22. The number of hydrogen-bond acceptors (Lipinski definition) is 3. The average molecular weight is 228 g/mol. The maximum Gasteiger partial charge on any atom is 0.233 e. The smallest absolute Gasteiger partial charge is 0.233 e. The summed E-state index contributed by atoms with van der Waals surface area (Å²) in [5.41, 5.74) is 0. The van der Waals surface area contributed by atoms with E-state index < -0.39 is 0 Å². The van der Waals surface area contributed by atoms with Crippen LogP contribution in [0.2, 0.25) is 0 Å². The highest BCUT2D eigenvalue weighted by Crippen LogP contribution is 2.27. The lowest BCUT2D eigenvalue weighted by Crippen LogP contribution is -2.41. The third kappa shape index (κ3) is 4.43. The van der Waals surface area contributed by atoms with Crippen LogP contribution in [0.3, 0.4) is 0 Å². The second kappa shape index (κ2) is 5.75. The first-order chi connectivity index (χ1) is 7.34. The summed E-state index contributed by atoms with van der Waals surface area (Å²) in [6.45, 7) is 1.39. The molecule has 1 saturated carbocycles. The van der Waals surface area contributed by atoms with Crippen molar-refractivity contribution in [3.8, 4) is 0 Å². The number of nitrogens with one attached hydrogen (secondary N) is 2. The van der Waals surface area contributed by atoms with Crippen LogP contribution >= 0.6 is 11.8 Å². The molecule has 1 amide bonds. The fourth-order valence-corrected chi connectivity index (χ4v) is 2.89. The van der Waals surface area contributed by atoms with Gasteiger partial charge in [-0.15, -0.1) is 0 Å². The fraction of sp³-hybridized carbons (Fsp3) is 0.909. The zero-order chi connectivity index (χ0) is 10.5. The van der Waals surface area contributed by atoms with Gasteiger partial charge in [-0.25, -0.2) is 0 Å². The van der Waals surface area contributed by atoms with Gasteiger partial charge in [0.1, 0.15) is 0 Å². The van der Waals surface area contributed by atoms with Gasteiger partial charge in [-0.2, -0.15) is 11.8 Å². The van der Waals surface area contributed by atoms with E-state index in [-0.39, 0.29) is 5.91 Å². The Balaban J connectivity index is 1.53. The van der Waals surface area contributed by atoms with Gasteiger partial charge >= 0.3 is 0 Å². The molecule has 1 aliphatic heterocycles. The van der Waals surface area contributed by atoms with Crippen LogP contribution in [0.4, 0.5) is 0 Å². The van der Waals surface area contributed by atoms with Gasteiger partial charge in [0.25, 0.3) is 0 Å². The minimum atomic E-state index is 0.167. The first-order valence-corrected chi connectivity index (χ1v) is 7.08. The molecule has 4 heteroatoms. The highest BCUT2D eigenvalue weighted by atomic mass is 32.2. The lowest BCUT2D eigenvalue weighted by molar-refractivity contribution is -0.120. The highest BCUT2D eigenvalue weighted by molar-refractivity contribution is 7.99. The largest absolute Gasteiger partial charge is 0.355 e. The van der Waals surface area contributed by atoms with Gasteiger partial charge in [0.2, 0.25) is 5.91 Å². The van der Waals surface area contributed by atoms with Crippen molar-refractivity contribution in [2.75, 3.05) is 24.6 Å². The molecule has 0 unspecified atom stereocenters. The molecule has 2 fully saturated rings. The van der Waals surface area contributed by atoms with Crippen LogP contribution in [0.5, 0.6) is 0 Å². The van der Waals surface area contributed by atoms with Crippen molar-refractivity contribution in [1.29, 1.82) is 0 Å². The van der Waals surface area contributed by atoms with E-state index in [4.69, 9.17) is 0 Å². The molecule has 2 rings (SSSR count). The third-order valence-corrected chi connectivity index (χ3v) is 4.11.